The van der Waals surface area contributed by atoms with Crippen LogP contribution in [0.25, 0.3) is 0 Å². The van der Waals surface area contributed by atoms with Crippen LogP contribution in [0, 0.1) is 10.1 Å². The third kappa shape index (κ3) is 5.04. The van der Waals surface area contributed by atoms with Gasteiger partial charge in [0.1, 0.15) is 11.8 Å². The molecule has 1 atom stereocenters. The number of benzene rings is 2. The van der Waals surface area contributed by atoms with Crippen LogP contribution in [0.2, 0.25) is 0 Å². The largest absolute Gasteiger partial charge is 0.497 e. The highest BCUT2D eigenvalue weighted by molar-refractivity contribution is 5.99. The first-order chi connectivity index (χ1) is 12.4. The highest BCUT2D eigenvalue weighted by atomic mass is 16.6. The van der Waals surface area contributed by atoms with Crippen LogP contribution in [0.15, 0.2) is 53.6 Å². The number of ether oxygens (including phenoxy) is 1. The lowest BCUT2D eigenvalue weighted by Gasteiger charge is -2.14. The van der Waals surface area contributed by atoms with Crippen molar-refractivity contribution in [2.75, 3.05) is 12.4 Å². The number of hydrogen-bond acceptors (Lipinski definition) is 6. The molecule has 0 aliphatic rings. The number of rotatable bonds is 7. The zero-order valence-corrected chi connectivity index (χ0v) is 14.7. The molecule has 0 bridgehead atoms. The van der Waals surface area contributed by atoms with Crippen LogP contribution in [-0.4, -0.2) is 29.7 Å². The molecular formula is C18H20N4O4. The van der Waals surface area contributed by atoms with Gasteiger partial charge in [0.2, 0.25) is 0 Å². The maximum Gasteiger partial charge on any atom is 0.269 e. The van der Waals surface area contributed by atoms with Gasteiger partial charge < -0.3 is 10.1 Å². The second-order valence-electron chi connectivity index (χ2n) is 5.57. The number of carbonyl (C=O) groups is 1. The van der Waals surface area contributed by atoms with E-state index in [1.807, 2.05) is 12.1 Å². The highest BCUT2D eigenvalue weighted by Gasteiger charge is 2.12. The molecule has 0 saturated heterocycles. The van der Waals surface area contributed by atoms with Crippen molar-refractivity contribution in [3.63, 3.8) is 0 Å². The molecule has 0 radical (unpaired) electrons. The van der Waals surface area contributed by atoms with Crippen molar-refractivity contribution in [2.24, 2.45) is 5.10 Å². The van der Waals surface area contributed by atoms with Crippen molar-refractivity contribution < 1.29 is 14.5 Å². The summed E-state index contributed by atoms with van der Waals surface area (Å²) >= 11 is 0. The summed E-state index contributed by atoms with van der Waals surface area (Å²) in [4.78, 5) is 22.3. The number of nitrogens with one attached hydrogen (secondary N) is 2. The van der Waals surface area contributed by atoms with Gasteiger partial charge in [-0.25, -0.2) is 5.43 Å². The van der Waals surface area contributed by atoms with Gasteiger partial charge in [0.25, 0.3) is 11.6 Å². The molecule has 2 rings (SSSR count). The number of hydrogen-bond donors (Lipinski definition) is 2. The number of anilines is 1. The molecule has 2 N–H and O–H groups in total. The van der Waals surface area contributed by atoms with E-state index in [1.54, 1.807) is 45.2 Å². The maximum absolute atomic E-state index is 12.2. The predicted octanol–water partition coefficient (Wildman–Crippen LogP) is 2.94. The lowest BCUT2D eigenvalue weighted by atomic mass is 10.1. The minimum atomic E-state index is -0.503. The summed E-state index contributed by atoms with van der Waals surface area (Å²) in [7, 11) is 1.59. The molecule has 0 aliphatic heterocycles. The van der Waals surface area contributed by atoms with E-state index >= 15 is 0 Å². The van der Waals surface area contributed by atoms with Gasteiger partial charge in [0.15, 0.2) is 0 Å². The van der Waals surface area contributed by atoms with Gasteiger partial charge in [0.05, 0.1) is 17.7 Å². The van der Waals surface area contributed by atoms with E-state index < -0.39 is 11.0 Å². The average Bonchev–Trinajstić information content (AvgIpc) is 2.66. The fraction of sp³-hybridized carbons (Fsp3) is 0.222. The minimum absolute atomic E-state index is 0.00268. The van der Waals surface area contributed by atoms with Gasteiger partial charge >= 0.3 is 0 Å². The molecule has 0 fully saturated rings. The summed E-state index contributed by atoms with van der Waals surface area (Å²) in [5.41, 5.74) is 4.51. The predicted molar refractivity (Wildman–Crippen MR) is 99.5 cm³/mol. The molecule has 136 valence electrons. The molecule has 0 heterocycles. The Labute approximate surface area is 151 Å². The molecule has 2 aromatic carbocycles. The number of methoxy groups -OCH3 is 1. The van der Waals surface area contributed by atoms with Crippen LogP contribution in [0.1, 0.15) is 19.4 Å². The van der Waals surface area contributed by atoms with E-state index in [0.29, 0.717) is 11.3 Å². The lowest BCUT2D eigenvalue weighted by Crippen LogP contribution is -2.35. The molecule has 0 saturated carbocycles. The van der Waals surface area contributed by atoms with Gasteiger partial charge in [-0.15, -0.1) is 0 Å². The molecule has 0 aliphatic carbocycles. The van der Waals surface area contributed by atoms with Crippen molar-refractivity contribution in [3.8, 4) is 5.75 Å². The number of nitro benzene ring substituents is 1. The van der Waals surface area contributed by atoms with Crippen LogP contribution in [0.4, 0.5) is 11.4 Å². The van der Waals surface area contributed by atoms with Crippen molar-refractivity contribution in [1.29, 1.82) is 0 Å². The lowest BCUT2D eigenvalue weighted by molar-refractivity contribution is -0.384. The van der Waals surface area contributed by atoms with Crippen LogP contribution in [-0.2, 0) is 4.79 Å². The standard InChI is InChI=1S/C18H20N4O4/c1-12(14-4-8-16(9-5-14)22(24)25)20-21-18(23)13(2)19-15-6-10-17(26-3)11-7-15/h4-11,13,19H,1-3H3,(H,21,23)/t13-/m1/s1. The summed E-state index contributed by atoms with van der Waals surface area (Å²) in [6, 6.07) is 12.7. The molecular weight excluding hydrogens is 336 g/mol. The van der Waals surface area contributed by atoms with E-state index in [9.17, 15) is 14.9 Å². The SMILES string of the molecule is COc1ccc(N[C@H](C)C(=O)NN=C(C)c2ccc([N+](=O)[O-])cc2)cc1. The number of hydrazone groups is 1. The molecule has 0 spiro atoms. The van der Waals surface area contributed by atoms with Crippen LogP contribution < -0.4 is 15.5 Å². The highest BCUT2D eigenvalue weighted by Crippen LogP contribution is 2.16. The number of carbonyl (C=O) groups excluding carboxylic acids is 1. The Balaban J connectivity index is 1.94. The van der Waals surface area contributed by atoms with Gasteiger partial charge in [-0.3, -0.25) is 14.9 Å². The Morgan fingerprint density at radius 2 is 1.77 bits per heavy atom. The fourth-order valence-corrected chi connectivity index (χ4v) is 2.13. The topological polar surface area (TPSA) is 106 Å². The average molecular weight is 356 g/mol. The molecule has 8 nitrogen and oxygen atoms in total. The number of non-ortho nitro benzene ring substituents is 1. The Kier molecular flexibility index (Phi) is 6.26. The van der Waals surface area contributed by atoms with Gasteiger partial charge in [-0.05, 0) is 55.8 Å². The zero-order valence-electron chi connectivity index (χ0n) is 14.7. The van der Waals surface area contributed by atoms with Crippen LogP contribution >= 0.6 is 0 Å². The second kappa shape index (κ2) is 8.61. The maximum atomic E-state index is 12.2. The monoisotopic (exact) mass is 356 g/mol. The second-order valence-corrected chi connectivity index (χ2v) is 5.57. The number of nitro groups is 1. The third-order valence-electron chi connectivity index (χ3n) is 3.70. The molecule has 0 unspecified atom stereocenters. The fourth-order valence-electron chi connectivity index (χ4n) is 2.13. The molecule has 1 amide bonds. The Hall–Kier alpha value is -3.42. The summed E-state index contributed by atoms with van der Waals surface area (Å²) in [5, 5.41) is 17.8. The Bertz CT molecular complexity index is 801. The first kappa shape index (κ1) is 18.9. The van der Waals surface area contributed by atoms with Crippen molar-refractivity contribution in [3.05, 3.63) is 64.2 Å². The number of amides is 1. The summed E-state index contributed by atoms with van der Waals surface area (Å²) < 4.78 is 5.09. The normalized spacial score (nSPS) is 12.2. The van der Waals surface area contributed by atoms with Crippen molar-refractivity contribution in [1.82, 2.24) is 5.43 Å². The third-order valence-corrected chi connectivity index (χ3v) is 3.70. The Morgan fingerprint density at radius 1 is 1.15 bits per heavy atom. The minimum Gasteiger partial charge on any atom is -0.497 e. The zero-order chi connectivity index (χ0) is 19.1. The van der Waals surface area contributed by atoms with Crippen molar-refractivity contribution >= 4 is 23.0 Å². The van der Waals surface area contributed by atoms with Gasteiger partial charge in [-0.2, -0.15) is 5.10 Å². The Morgan fingerprint density at radius 3 is 2.31 bits per heavy atom. The summed E-state index contributed by atoms with van der Waals surface area (Å²) in [6.45, 7) is 3.43. The van der Waals surface area contributed by atoms with Crippen LogP contribution in [0.5, 0.6) is 5.75 Å². The van der Waals surface area contributed by atoms with Crippen LogP contribution in [0.3, 0.4) is 0 Å². The molecule has 2 aromatic rings. The van der Waals surface area contributed by atoms with Gasteiger partial charge in [0, 0.05) is 17.8 Å². The molecule has 0 aromatic heterocycles. The molecule has 8 heteroatoms. The summed E-state index contributed by atoms with van der Waals surface area (Å²) in [6.07, 6.45) is 0. The van der Waals surface area contributed by atoms with E-state index in [1.165, 1.54) is 12.1 Å². The van der Waals surface area contributed by atoms with Crippen molar-refractivity contribution in [2.45, 2.75) is 19.9 Å². The first-order valence-corrected chi connectivity index (χ1v) is 7.90. The van der Waals surface area contributed by atoms with E-state index in [2.05, 4.69) is 15.8 Å². The smallest absolute Gasteiger partial charge is 0.269 e. The molecule has 26 heavy (non-hydrogen) atoms. The quantitative estimate of drug-likeness (QED) is 0.451. The number of nitrogens with zero attached hydrogens (tertiary/aromatic N) is 2. The van der Waals surface area contributed by atoms with E-state index in [-0.39, 0.29) is 11.6 Å². The van der Waals surface area contributed by atoms with Gasteiger partial charge in [-0.1, -0.05) is 0 Å². The van der Waals surface area contributed by atoms with E-state index in [4.69, 9.17) is 4.74 Å². The van der Waals surface area contributed by atoms with E-state index in [0.717, 1.165) is 11.4 Å². The summed E-state index contributed by atoms with van der Waals surface area (Å²) in [5.74, 6) is 0.429. The first-order valence-electron chi connectivity index (χ1n) is 7.90.